The van der Waals surface area contributed by atoms with Crippen molar-refractivity contribution < 1.29 is 30.9 Å². The lowest BCUT2D eigenvalue weighted by Gasteiger charge is -2.29. The van der Waals surface area contributed by atoms with E-state index in [0.29, 0.717) is 37.4 Å². The maximum absolute atomic E-state index is 12.9. The molecule has 0 saturated heterocycles. The number of anilines is 1. The smallest absolute Gasteiger partial charge is 0.338 e. The number of hydrogen-bond acceptors (Lipinski definition) is 6. The van der Waals surface area contributed by atoms with Crippen LogP contribution in [-0.4, -0.2) is 37.3 Å². The summed E-state index contributed by atoms with van der Waals surface area (Å²) in [5.74, 6) is -0.0694. The van der Waals surface area contributed by atoms with Crippen LogP contribution >= 0.6 is 0 Å². The minimum atomic E-state index is -4.60. The summed E-state index contributed by atoms with van der Waals surface area (Å²) in [7, 11) is -3.86. The van der Waals surface area contributed by atoms with Crippen molar-refractivity contribution in [2.75, 3.05) is 11.9 Å². The Labute approximate surface area is 171 Å². The minimum Gasteiger partial charge on any atom is -0.338 e. The van der Waals surface area contributed by atoms with Crippen LogP contribution in [0.1, 0.15) is 36.9 Å². The summed E-state index contributed by atoms with van der Waals surface area (Å²) in [5, 5.41) is 8.55. The number of carbonyl (C=O) groups is 1. The molecule has 0 spiro atoms. The molecular formula is C19H22F3N3O4S. The number of alkyl halides is 3. The largest absolute Gasteiger partial charge is 0.416 e. The lowest BCUT2D eigenvalue weighted by molar-refractivity contribution is -0.137. The van der Waals surface area contributed by atoms with Crippen molar-refractivity contribution in [2.45, 2.75) is 55.0 Å². The van der Waals surface area contributed by atoms with Crippen molar-refractivity contribution in [3.8, 4) is 0 Å². The predicted molar refractivity (Wildman–Crippen MR) is 103 cm³/mol. The second-order valence-electron chi connectivity index (χ2n) is 7.31. The third-order valence-electron chi connectivity index (χ3n) is 5.04. The molecule has 1 amide bonds. The van der Waals surface area contributed by atoms with Gasteiger partial charge in [-0.25, -0.2) is 8.42 Å². The van der Waals surface area contributed by atoms with Crippen LogP contribution in [0.25, 0.3) is 0 Å². The molecule has 11 heteroatoms. The first-order valence-electron chi connectivity index (χ1n) is 9.43. The van der Waals surface area contributed by atoms with Gasteiger partial charge in [0.05, 0.1) is 27.9 Å². The van der Waals surface area contributed by atoms with Gasteiger partial charge in [-0.3, -0.25) is 10.1 Å². The van der Waals surface area contributed by atoms with Gasteiger partial charge in [0.2, 0.25) is 11.8 Å². The first-order valence-corrected chi connectivity index (χ1v) is 11.0. The number of hydrogen-bond donors (Lipinski definition) is 2. The second kappa shape index (κ2) is 8.76. The van der Waals surface area contributed by atoms with Gasteiger partial charge in [0.15, 0.2) is 9.84 Å². The molecule has 0 atom stereocenters. The zero-order valence-electron chi connectivity index (χ0n) is 16.2. The maximum atomic E-state index is 12.9. The summed E-state index contributed by atoms with van der Waals surface area (Å²) in [6.07, 6.45) is -2.99. The Morgan fingerprint density at radius 1 is 1.20 bits per heavy atom. The molecule has 1 aromatic carbocycles. The zero-order valence-corrected chi connectivity index (χ0v) is 17.0. The van der Waals surface area contributed by atoms with E-state index in [1.54, 1.807) is 13.0 Å². The highest BCUT2D eigenvalue weighted by atomic mass is 32.2. The van der Waals surface area contributed by atoms with Crippen molar-refractivity contribution in [1.29, 1.82) is 0 Å². The van der Waals surface area contributed by atoms with E-state index in [4.69, 9.17) is 4.52 Å². The SMILES string of the molecule is Cc1cc(NC(=O)CN[C@H]2CC[C@H](S(=O)(=O)c3cccc(C(F)(F)F)c3)CC2)on1. The highest BCUT2D eigenvalue weighted by Crippen LogP contribution is 2.33. The van der Waals surface area contributed by atoms with E-state index in [1.165, 1.54) is 6.07 Å². The van der Waals surface area contributed by atoms with E-state index in [0.717, 1.165) is 12.1 Å². The van der Waals surface area contributed by atoms with E-state index in [1.807, 2.05) is 0 Å². The molecule has 0 bridgehead atoms. The average molecular weight is 445 g/mol. The Bertz CT molecular complexity index is 996. The van der Waals surface area contributed by atoms with Gasteiger partial charge in [0.1, 0.15) is 0 Å². The molecule has 2 N–H and O–H groups in total. The van der Waals surface area contributed by atoms with Gasteiger partial charge in [0.25, 0.3) is 0 Å². The first kappa shape index (κ1) is 22.3. The Morgan fingerprint density at radius 3 is 2.50 bits per heavy atom. The molecule has 7 nitrogen and oxygen atoms in total. The Balaban J connectivity index is 1.53. The Morgan fingerprint density at radius 2 is 1.90 bits per heavy atom. The quantitative estimate of drug-likeness (QED) is 0.708. The molecule has 1 fully saturated rings. The molecule has 30 heavy (non-hydrogen) atoms. The lowest BCUT2D eigenvalue weighted by Crippen LogP contribution is -2.40. The molecule has 0 aliphatic heterocycles. The number of sulfone groups is 1. The molecule has 164 valence electrons. The molecular weight excluding hydrogens is 423 g/mol. The zero-order chi connectivity index (χ0) is 21.9. The van der Waals surface area contributed by atoms with Gasteiger partial charge in [0, 0.05) is 12.1 Å². The van der Waals surface area contributed by atoms with Crippen LogP contribution in [0, 0.1) is 6.92 Å². The van der Waals surface area contributed by atoms with Crippen molar-refractivity contribution in [3.05, 3.63) is 41.6 Å². The molecule has 1 saturated carbocycles. The van der Waals surface area contributed by atoms with E-state index in [2.05, 4.69) is 15.8 Å². The van der Waals surface area contributed by atoms with E-state index in [-0.39, 0.29) is 29.3 Å². The fourth-order valence-electron chi connectivity index (χ4n) is 3.46. The highest BCUT2D eigenvalue weighted by molar-refractivity contribution is 7.92. The summed E-state index contributed by atoms with van der Waals surface area (Å²) in [5.41, 5.74) is -0.342. The molecule has 3 rings (SSSR count). The van der Waals surface area contributed by atoms with E-state index >= 15 is 0 Å². The van der Waals surface area contributed by atoms with E-state index in [9.17, 15) is 26.4 Å². The van der Waals surface area contributed by atoms with Gasteiger partial charge in [-0.05, 0) is 50.8 Å². The Kier molecular flexibility index (Phi) is 6.51. The fraction of sp³-hybridized carbons (Fsp3) is 0.474. The van der Waals surface area contributed by atoms with Gasteiger partial charge in [-0.2, -0.15) is 13.2 Å². The van der Waals surface area contributed by atoms with Crippen molar-refractivity contribution in [2.24, 2.45) is 0 Å². The van der Waals surface area contributed by atoms with Gasteiger partial charge >= 0.3 is 6.18 Å². The van der Waals surface area contributed by atoms with Gasteiger partial charge in [-0.1, -0.05) is 11.2 Å². The molecule has 1 aliphatic rings. The number of amides is 1. The van der Waals surface area contributed by atoms with Gasteiger partial charge in [-0.15, -0.1) is 0 Å². The maximum Gasteiger partial charge on any atom is 0.416 e. The standard InChI is InChI=1S/C19H22F3N3O4S/c1-12-9-18(29-25-12)24-17(26)11-23-14-5-7-15(8-6-14)30(27,28)16-4-2-3-13(10-16)19(20,21)22/h2-4,9-10,14-15,23H,5-8,11H2,1H3,(H,24,26)/t14-,15-. The number of rotatable bonds is 6. The number of carbonyl (C=O) groups excluding carboxylic acids is 1. The number of nitrogens with zero attached hydrogens (tertiary/aromatic N) is 1. The summed E-state index contributed by atoms with van der Waals surface area (Å²) in [4.78, 5) is 11.6. The topological polar surface area (TPSA) is 101 Å². The third kappa shape index (κ3) is 5.39. The van der Waals surface area contributed by atoms with Crippen LogP contribution in [0.5, 0.6) is 0 Å². The van der Waals surface area contributed by atoms with E-state index < -0.39 is 26.8 Å². The molecule has 1 aromatic heterocycles. The lowest BCUT2D eigenvalue weighted by atomic mass is 9.95. The number of aromatic nitrogens is 1. The van der Waals surface area contributed by atoms with Crippen LogP contribution in [0.4, 0.5) is 19.1 Å². The van der Waals surface area contributed by atoms with Crippen molar-refractivity contribution in [3.63, 3.8) is 0 Å². The van der Waals surface area contributed by atoms with Gasteiger partial charge < -0.3 is 9.84 Å². The molecule has 1 aliphatic carbocycles. The summed E-state index contributed by atoms with van der Waals surface area (Å²) in [6, 6.07) is 5.38. The molecule has 2 aromatic rings. The number of nitrogens with one attached hydrogen (secondary N) is 2. The first-order chi connectivity index (χ1) is 14.1. The predicted octanol–water partition coefficient (Wildman–Crippen LogP) is 3.32. The van der Waals surface area contributed by atoms with Crippen LogP contribution < -0.4 is 10.6 Å². The van der Waals surface area contributed by atoms with Crippen molar-refractivity contribution in [1.82, 2.24) is 10.5 Å². The molecule has 0 radical (unpaired) electrons. The monoisotopic (exact) mass is 445 g/mol. The third-order valence-corrected chi connectivity index (χ3v) is 7.30. The normalized spacial score (nSPS) is 20.1. The fourth-order valence-corrected chi connectivity index (χ4v) is 5.30. The average Bonchev–Trinajstić information content (AvgIpc) is 3.10. The summed E-state index contributed by atoms with van der Waals surface area (Å²) < 4.78 is 69.1. The number of halogens is 3. The molecule has 1 heterocycles. The van der Waals surface area contributed by atoms with Crippen LogP contribution in [0.3, 0.4) is 0 Å². The molecule has 0 unspecified atom stereocenters. The number of benzene rings is 1. The summed E-state index contributed by atoms with van der Waals surface area (Å²) >= 11 is 0. The van der Waals surface area contributed by atoms with Crippen LogP contribution in [-0.2, 0) is 20.8 Å². The second-order valence-corrected chi connectivity index (χ2v) is 9.53. The number of aryl methyl sites for hydroxylation is 1. The Hall–Kier alpha value is -2.40. The minimum absolute atomic E-state index is 0.0233. The van der Waals surface area contributed by atoms with Crippen LogP contribution in [0.15, 0.2) is 39.8 Å². The van der Waals surface area contributed by atoms with Crippen LogP contribution in [0.2, 0.25) is 0 Å². The summed E-state index contributed by atoms with van der Waals surface area (Å²) in [6.45, 7) is 1.75. The highest BCUT2D eigenvalue weighted by Gasteiger charge is 2.35. The van der Waals surface area contributed by atoms with Crippen molar-refractivity contribution >= 4 is 21.6 Å².